The zero-order valence-corrected chi connectivity index (χ0v) is 9.81. The molecule has 1 aromatic rings. The molecule has 6 heteroatoms. The lowest BCUT2D eigenvalue weighted by Gasteiger charge is -2.09. The second-order valence-electron chi connectivity index (χ2n) is 3.20. The zero-order valence-electron chi connectivity index (χ0n) is 9.05. The Morgan fingerprint density at radius 3 is 2.61 bits per heavy atom. The Morgan fingerprint density at radius 2 is 2.06 bits per heavy atom. The standard InChI is InChI=1S/C12H8ClF3O2/c13-4-2-1-3-9-5-10(8-17)7-11(6-9)18-12(14,15)16/h5-8H,2,4H2. The van der Waals surface area contributed by atoms with E-state index >= 15 is 0 Å². The fraction of sp³-hybridized carbons (Fsp3) is 0.250. The first-order chi connectivity index (χ1) is 8.44. The molecular weight excluding hydrogens is 269 g/mol. The first-order valence-electron chi connectivity index (χ1n) is 4.85. The van der Waals surface area contributed by atoms with Crippen LogP contribution in [-0.4, -0.2) is 18.5 Å². The van der Waals surface area contributed by atoms with E-state index in [1.165, 1.54) is 6.07 Å². The Bertz CT molecular complexity index is 486. The average molecular weight is 277 g/mol. The van der Waals surface area contributed by atoms with Crippen molar-refractivity contribution in [1.82, 2.24) is 0 Å². The molecule has 0 saturated carbocycles. The SMILES string of the molecule is O=Cc1cc(C#CCCCl)cc(OC(F)(F)F)c1. The van der Waals surface area contributed by atoms with Crippen LogP contribution in [0.15, 0.2) is 18.2 Å². The predicted molar refractivity (Wildman–Crippen MR) is 60.7 cm³/mol. The summed E-state index contributed by atoms with van der Waals surface area (Å²) >= 11 is 5.41. The smallest absolute Gasteiger partial charge is 0.406 e. The molecule has 96 valence electrons. The van der Waals surface area contributed by atoms with Crippen molar-refractivity contribution in [2.45, 2.75) is 12.8 Å². The van der Waals surface area contributed by atoms with Crippen molar-refractivity contribution in [3.63, 3.8) is 0 Å². The summed E-state index contributed by atoms with van der Waals surface area (Å²) in [5, 5.41) is 0. The zero-order chi connectivity index (χ0) is 13.6. The number of carbonyl (C=O) groups excluding carboxylic acids is 1. The number of halogens is 4. The van der Waals surface area contributed by atoms with Gasteiger partial charge in [-0.1, -0.05) is 11.8 Å². The third kappa shape index (κ3) is 5.11. The van der Waals surface area contributed by atoms with Crippen LogP contribution < -0.4 is 4.74 Å². The third-order valence-corrected chi connectivity index (χ3v) is 1.94. The van der Waals surface area contributed by atoms with Crippen molar-refractivity contribution in [2.75, 3.05) is 5.88 Å². The van der Waals surface area contributed by atoms with E-state index in [1.54, 1.807) is 0 Å². The van der Waals surface area contributed by atoms with Gasteiger partial charge in [-0.15, -0.1) is 24.8 Å². The van der Waals surface area contributed by atoms with Gasteiger partial charge in [0.2, 0.25) is 0 Å². The minimum atomic E-state index is -4.80. The van der Waals surface area contributed by atoms with Crippen LogP contribution in [0.4, 0.5) is 13.2 Å². The summed E-state index contributed by atoms with van der Waals surface area (Å²) in [6, 6.07) is 3.48. The number of rotatable bonds is 3. The first kappa shape index (κ1) is 14.4. The van der Waals surface area contributed by atoms with Crippen LogP contribution in [0.2, 0.25) is 0 Å². The molecule has 1 aromatic carbocycles. The lowest BCUT2D eigenvalue weighted by Crippen LogP contribution is -2.17. The molecule has 0 atom stereocenters. The van der Waals surface area contributed by atoms with Gasteiger partial charge in [-0.05, 0) is 18.2 Å². The van der Waals surface area contributed by atoms with Crippen molar-refractivity contribution in [3.05, 3.63) is 29.3 Å². The lowest BCUT2D eigenvalue weighted by molar-refractivity contribution is -0.274. The molecule has 0 radical (unpaired) electrons. The molecule has 0 fully saturated rings. The highest BCUT2D eigenvalue weighted by Crippen LogP contribution is 2.24. The Morgan fingerprint density at radius 1 is 1.33 bits per heavy atom. The second-order valence-corrected chi connectivity index (χ2v) is 3.58. The van der Waals surface area contributed by atoms with Gasteiger partial charge in [0.1, 0.15) is 12.0 Å². The molecule has 0 bridgehead atoms. The summed E-state index contributed by atoms with van der Waals surface area (Å²) in [5.74, 6) is 5.12. The number of carbonyl (C=O) groups is 1. The maximum absolute atomic E-state index is 12.1. The van der Waals surface area contributed by atoms with E-state index in [0.717, 1.165) is 12.1 Å². The number of aldehydes is 1. The van der Waals surface area contributed by atoms with Crippen LogP contribution in [0.1, 0.15) is 22.3 Å². The van der Waals surface area contributed by atoms with Gasteiger partial charge >= 0.3 is 6.36 Å². The number of hydrogen-bond donors (Lipinski definition) is 0. The summed E-state index contributed by atoms with van der Waals surface area (Å²) in [7, 11) is 0. The molecule has 0 N–H and O–H groups in total. The van der Waals surface area contributed by atoms with Crippen molar-refractivity contribution in [1.29, 1.82) is 0 Å². The number of ether oxygens (including phenoxy) is 1. The van der Waals surface area contributed by atoms with Gasteiger partial charge in [0.05, 0.1) is 0 Å². The van der Waals surface area contributed by atoms with Crippen LogP contribution in [0.25, 0.3) is 0 Å². The van der Waals surface area contributed by atoms with Crippen LogP contribution in [0, 0.1) is 11.8 Å². The minimum absolute atomic E-state index is 0.0620. The van der Waals surface area contributed by atoms with Gasteiger partial charge in [-0.2, -0.15) is 0 Å². The highest BCUT2D eigenvalue weighted by molar-refractivity contribution is 6.18. The van der Waals surface area contributed by atoms with Gasteiger partial charge in [0, 0.05) is 23.4 Å². The second kappa shape index (κ2) is 6.31. The molecule has 0 aliphatic heterocycles. The molecule has 2 nitrogen and oxygen atoms in total. The van der Waals surface area contributed by atoms with Gasteiger partial charge < -0.3 is 4.74 Å². The van der Waals surface area contributed by atoms with Crippen molar-refractivity contribution in [3.8, 4) is 17.6 Å². The normalized spacial score (nSPS) is 10.4. The van der Waals surface area contributed by atoms with Crippen LogP contribution in [-0.2, 0) is 0 Å². The van der Waals surface area contributed by atoms with Gasteiger partial charge in [0.15, 0.2) is 0 Å². The molecule has 18 heavy (non-hydrogen) atoms. The quantitative estimate of drug-likeness (QED) is 0.481. The van der Waals surface area contributed by atoms with Gasteiger partial charge in [-0.3, -0.25) is 4.79 Å². The predicted octanol–water partition coefficient (Wildman–Crippen LogP) is 3.38. The van der Waals surface area contributed by atoms with E-state index in [4.69, 9.17) is 11.6 Å². The first-order valence-corrected chi connectivity index (χ1v) is 5.39. The molecule has 0 saturated heterocycles. The highest BCUT2D eigenvalue weighted by Gasteiger charge is 2.31. The molecule has 0 heterocycles. The number of hydrogen-bond acceptors (Lipinski definition) is 2. The Balaban J connectivity index is 3.03. The number of benzene rings is 1. The minimum Gasteiger partial charge on any atom is -0.406 e. The third-order valence-electron chi connectivity index (χ3n) is 1.75. The highest BCUT2D eigenvalue weighted by atomic mass is 35.5. The Kier molecular flexibility index (Phi) is 5.05. The molecule has 0 unspecified atom stereocenters. The van der Waals surface area contributed by atoms with Crippen LogP contribution in [0.5, 0.6) is 5.75 Å². The molecule has 0 spiro atoms. The monoisotopic (exact) mass is 276 g/mol. The van der Waals surface area contributed by atoms with Crippen molar-refractivity contribution >= 4 is 17.9 Å². The maximum atomic E-state index is 12.1. The van der Waals surface area contributed by atoms with Crippen molar-refractivity contribution in [2.24, 2.45) is 0 Å². The van der Waals surface area contributed by atoms with E-state index in [0.29, 0.717) is 18.6 Å². The van der Waals surface area contributed by atoms with Crippen LogP contribution >= 0.6 is 11.6 Å². The van der Waals surface area contributed by atoms with Crippen molar-refractivity contribution < 1.29 is 22.7 Å². The van der Waals surface area contributed by atoms with E-state index in [9.17, 15) is 18.0 Å². The molecule has 0 aromatic heterocycles. The fourth-order valence-corrected chi connectivity index (χ4v) is 1.26. The molecule has 1 rings (SSSR count). The van der Waals surface area contributed by atoms with Gasteiger partial charge in [0.25, 0.3) is 0 Å². The Hall–Kier alpha value is -1.67. The molecule has 0 aliphatic carbocycles. The van der Waals surface area contributed by atoms with E-state index < -0.39 is 12.1 Å². The van der Waals surface area contributed by atoms with E-state index in [2.05, 4.69) is 16.6 Å². The summed E-state index contributed by atoms with van der Waals surface area (Å²) in [6.45, 7) is 0. The molecule has 0 aliphatic rings. The molecular formula is C12H8ClF3O2. The lowest BCUT2D eigenvalue weighted by atomic mass is 10.1. The van der Waals surface area contributed by atoms with E-state index in [1.807, 2.05) is 0 Å². The topological polar surface area (TPSA) is 26.3 Å². The number of alkyl halides is 4. The molecule has 0 amide bonds. The summed E-state index contributed by atoms with van der Waals surface area (Å²) in [6.07, 6.45) is -3.97. The average Bonchev–Trinajstić information content (AvgIpc) is 2.26. The fourth-order valence-electron chi connectivity index (χ4n) is 1.17. The summed E-state index contributed by atoms with van der Waals surface area (Å²) in [4.78, 5) is 10.6. The van der Waals surface area contributed by atoms with Gasteiger partial charge in [-0.25, -0.2) is 0 Å². The Labute approximate surface area is 107 Å². The maximum Gasteiger partial charge on any atom is 0.573 e. The summed E-state index contributed by atoms with van der Waals surface area (Å²) < 4.78 is 39.9. The largest absolute Gasteiger partial charge is 0.573 e. The van der Waals surface area contributed by atoms with Crippen LogP contribution in [0.3, 0.4) is 0 Å². The summed E-state index contributed by atoms with van der Waals surface area (Å²) in [5.41, 5.74) is 0.330. The van der Waals surface area contributed by atoms with E-state index in [-0.39, 0.29) is 11.1 Å².